The van der Waals surface area contributed by atoms with E-state index in [0.29, 0.717) is 44.3 Å². The lowest BCUT2D eigenvalue weighted by atomic mass is 10.1. The third-order valence-electron chi connectivity index (χ3n) is 7.44. The molecule has 2 aromatic heterocycles. The van der Waals surface area contributed by atoms with E-state index in [0.717, 1.165) is 63.6 Å². The summed E-state index contributed by atoms with van der Waals surface area (Å²) in [7, 11) is 0. The highest BCUT2D eigenvalue weighted by atomic mass is 35.5. The van der Waals surface area contributed by atoms with Gasteiger partial charge in [-0.2, -0.15) is 9.78 Å². The molecule has 1 N–H and O–H groups in total. The average molecular weight is 566 g/mol. The van der Waals surface area contributed by atoms with Gasteiger partial charge in [0.15, 0.2) is 0 Å². The number of hydrogen-bond donors (Lipinski definition) is 1. The molecule has 0 radical (unpaired) electrons. The van der Waals surface area contributed by atoms with E-state index in [-0.39, 0.29) is 5.56 Å². The van der Waals surface area contributed by atoms with Crippen LogP contribution < -0.4 is 15.8 Å². The summed E-state index contributed by atoms with van der Waals surface area (Å²) >= 11 is 12.7. The highest BCUT2D eigenvalue weighted by Gasteiger charge is 2.25. The van der Waals surface area contributed by atoms with E-state index in [1.165, 1.54) is 10.9 Å². The van der Waals surface area contributed by atoms with Gasteiger partial charge in [0.1, 0.15) is 11.2 Å². The Balaban J connectivity index is 1.21. The Morgan fingerprint density at radius 2 is 1.72 bits per heavy atom. The van der Waals surface area contributed by atoms with Crippen molar-refractivity contribution in [3.05, 3.63) is 74.8 Å². The zero-order valence-corrected chi connectivity index (χ0v) is 23.1. The maximum atomic E-state index is 13.3. The maximum Gasteiger partial charge on any atom is 0.282 e. The van der Waals surface area contributed by atoms with Crippen molar-refractivity contribution in [3.63, 3.8) is 0 Å². The molecule has 2 aromatic carbocycles. The topological polar surface area (TPSA) is 88.4 Å². The fraction of sp³-hybridized carbons (Fsp3) is 0.357. The van der Waals surface area contributed by atoms with Gasteiger partial charge < -0.3 is 15.0 Å². The number of piperazine rings is 1. The molecule has 2 aliphatic rings. The van der Waals surface area contributed by atoms with Crippen molar-refractivity contribution in [2.75, 3.05) is 49.6 Å². The minimum Gasteiger partial charge on any atom is -0.381 e. The summed E-state index contributed by atoms with van der Waals surface area (Å²) < 4.78 is 6.74. The summed E-state index contributed by atoms with van der Waals surface area (Å²) in [5.74, 6) is 0.391. The molecule has 4 aromatic rings. The normalized spacial score (nSPS) is 17.1. The van der Waals surface area contributed by atoms with E-state index in [1.807, 2.05) is 12.1 Å². The van der Waals surface area contributed by atoms with E-state index in [9.17, 15) is 4.79 Å². The highest BCUT2D eigenvalue weighted by molar-refractivity contribution is 6.37. The second-order valence-corrected chi connectivity index (χ2v) is 10.7. The molecule has 39 heavy (non-hydrogen) atoms. The van der Waals surface area contributed by atoms with Crippen LogP contribution in [0.15, 0.2) is 53.5 Å². The van der Waals surface area contributed by atoms with Crippen LogP contribution in [-0.4, -0.2) is 70.1 Å². The number of hydrogen-bond acceptors (Lipinski definition) is 8. The van der Waals surface area contributed by atoms with Gasteiger partial charge in [0, 0.05) is 63.0 Å². The molecule has 11 heteroatoms. The minimum atomic E-state index is -0.390. The van der Waals surface area contributed by atoms with Crippen LogP contribution in [0, 0.1) is 6.92 Å². The first-order valence-corrected chi connectivity index (χ1v) is 13.9. The van der Waals surface area contributed by atoms with Crippen molar-refractivity contribution >= 4 is 51.4 Å². The Bertz CT molecular complexity index is 1540. The third-order valence-corrected chi connectivity index (χ3v) is 8.05. The molecule has 0 bridgehead atoms. The Labute approximate surface area is 236 Å². The van der Waals surface area contributed by atoms with Gasteiger partial charge in [-0.3, -0.25) is 9.69 Å². The van der Waals surface area contributed by atoms with Crippen molar-refractivity contribution < 1.29 is 4.74 Å². The van der Waals surface area contributed by atoms with Crippen LogP contribution in [0.3, 0.4) is 0 Å². The van der Waals surface area contributed by atoms with Crippen LogP contribution >= 0.6 is 23.2 Å². The predicted octanol–water partition coefficient (Wildman–Crippen LogP) is 4.84. The molecule has 0 unspecified atom stereocenters. The lowest BCUT2D eigenvalue weighted by Gasteiger charge is -2.41. The molecule has 0 aliphatic carbocycles. The van der Waals surface area contributed by atoms with E-state index in [1.54, 1.807) is 25.1 Å². The Kier molecular flexibility index (Phi) is 7.40. The van der Waals surface area contributed by atoms with Crippen LogP contribution in [0.2, 0.25) is 10.0 Å². The van der Waals surface area contributed by atoms with Gasteiger partial charge in [0.2, 0.25) is 5.95 Å². The molecule has 0 saturated carbocycles. The van der Waals surface area contributed by atoms with Gasteiger partial charge in [0.05, 0.1) is 21.1 Å². The van der Waals surface area contributed by atoms with Crippen molar-refractivity contribution in [2.45, 2.75) is 25.8 Å². The van der Waals surface area contributed by atoms with Gasteiger partial charge in [0.25, 0.3) is 5.56 Å². The molecular formula is C28H29Cl2N7O2. The van der Waals surface area contributed by atoms with Gasteiger partial charge >= 0.3 is 0 Å². The van der Waals surface area contributed by atoms with Crippen molar-refractivity contribution in [1.82, 2.24) is 24.6 Å². The van der Waals surface area contributed by atoms with E-state index >= 15 is 0 Å². The molecule has 2 saturated heterocycles. The lowest BCUT2D eigenvalue weighted by Crippen LogP contribution is -2.51. The van der Waals surface area contributed by atoms with Crippen molar-refractivity contribution in [3.8, 4) is 5.69 Å². The molecule has 202 valence electrons. The van der Waals surface area contributed by atoms with Crippen LogP contribution in [0.5, 0.6) is 0 Å². The number of halogens is 2. The largest absolute Gasteiger partial charge is 0.381 e. The molecule has 9 nitrogen and oxygen atoms in total. The number of ether oxygens (including phenoxy) is 1. The first-order valence-electron chi connectivity index (χ1n) is 13.1. The number of fused-ring (bicyclic) bond motifs is 1. The lowest BCUT2D eigenvalue weighted by molar-refractivity contribution is 0.0321. The predicted molar refractivity (Wildman–Crippen MR) is 155 cm³/mol. The fourth-order valence-corrected chi connectivity index (χ4v) is 5.94. The molecule has 0 spiro atoms. The second kappa shape index (κ2) is 11.1. The molecule has 2 fully saturated rings. The number of anilines is 3. The maximum absolute atomic E-state index is 13.3. The molecule has 2 aliphatic heterocycles. The molecule has 4 heterocycles. The minimum absolute atomic E-state index is 0.333. The zero-order valence-electron chi connectivity index (χ0n) is 21.6. The van der Waals surface area contributed by atoms with Crippen molar-refractivity contribution in [2.24, 2.45) is 0 Å². The molecule has 0 amide bonds. The number of para-hydroxylation sites is 1. The molecule has 0 atom stereocenters. The summed E-state index contributed by atoms with van der Waals surface area (Å²) in [5.41, 5.74) is 3.01. The number of benzene rings is 2. The average Bonchev–Trinajstić information content (AvgIpc) is 2.96. The zero-order chi connectivity index (χ0) is 26.9. The van der Waals surface area contributed by atoms with Gasteiger partial charge in [-0.25, -0.2) is 9.97 Å². The van der Waals surface area contributed by atoms with Crippen LogP contribution in [0.25, 0.3) is 16.6 Å². The van der Waals surface area contributed by atoms with E-state index < -0.39 is 0 Å². The number of aromatic nitrogens is 4. The summed E-state index contributed by atoms with van der Waals surface area (Å²) in [6.07, 6.45) is 3.77. The summed E-state index contributed by atoms with van der Waals surface area (Å²) in [4.78, 5) is 27.3. The first kappa shape index (κ1) is 26.0. The third kappa shape index (κ3) is 5.32. The monoisotopic (exact) mass is 565 g/mol. The van der Waals surface area contributed by atoms with E-state index in [2.05, 4.69) is 42.3 Å². The smallest absolute Gasteiger partial charge is 0.282 e. The molecule has 6 rings (SSSR count). The first-order chi connectivity index (χ1) is 19.0. The molecular weight excluding hydrogens is 537 g/mol. The number of rotatable bonds is 5. The standard InChI is InChI=1S/C28H29Cl2N7O2/c1-18-25-22(27(38)37(34-18)26-23(29)6-3-7-24(26)30)17-31-28(33-25)32-19-4-2-5-21(16-19)36-12-10-35(11-13-36)20-8-14-39-15-9-20/h2-7,16-17,20H,8-15H2,1H3,(H,31,32,33). The van der Waals surface area contributed by atoms with Crippen LogP contribution in [-0.2, 0) is 4.74 Å². The quantitative estimate of drug-likeness (QED) is 0.368. The van der Waals surface area contributed by atoms with Crippen LogP contribution in [0.4, 0.5) is 17.3 Å². The fourth-order valence-electron chi connectivity index (χ4n) is 5.38. The summed E-state index contributed by atoms with van der Waals surface area (Å²) in [6, 6.07) is 14.0. The van der Waals surface area contributed by atoms with E-state index in [4.69, 9.17) is 27.9 Å². The van der Waals surface area contributed by atoms with Gasteiger partial charge in [-0.1, -0.05) is 35.3 Å². The van der Waals surface area contributed by atoms with Crippen molar-refractivity contribution in [1.29, 1.82) is 0 Å². The van der Waals surface area contributed by atoms with Crippen LogP contribution in [0.1, 0.15) is 18.5 Å². The van der Waals surface area contributed by atoms with Gasteiger partial charge in [-0.15, -0.1) is 0 Å². The number of nitrogens with one attached hydrogen (secondary N) is 1. The number of nitrogens with zero attached hydrogens (tertiary/aromatic N) is 6. The highest BCUT2D eigenvalue weighted by Crippen LogP contribution is 2.28. The number of aryl methyl sites for hydroxylation is 1. The SMILES string of the molecule is Cc1nn(-c2c(Cl)cccc2Cl)c(=O)c2cnc(Nc3cccc(N4CCN(C5CCOCC5)CC4)c3)nc12. The Morgan fingerprint density at radius 3 is 2.46 bits per heavy atom. The second-order valence-electron chi connectivity index (χ2n) is 9.87. The van der Waals surface area contributed by atoms with Gasteiger partial charge in [-0.05, 0) is 50.1 Å². The Hall–Kier alpha value is -3.24. The summed E-state index contributed by atoms with van der Waals surface area (Å²) in [5, 5.41) is 8.75. The summed E-state index contributed by atoms with van der Waals surface area (Å²) in [6.45, 7) is 7.62. The Morgan fingerprint density at radius 1 is 1.00 bits per heavy atom.